The first-order chi connectivity index (χ1) is 9.95. The first-order valence-electron chi connectivity index (χ1n) is 6.77. The first-order valence-corrected chi connectivity index (χ1v) is 6.77. The van der Waals surface area contributed by atoms with Gasteiger partial charge < -0.3 is 5.32 Å². The summed E-state index contributed by atoms with van der Waals surface area (Å²) < 4.78 is 26.5. The number of rotatable bonds is 4. The molecule has 0 aliphatic heterocycles. The SMILES string of the molecule is Cc1ccc(C(=O)NC(C)Cc2ccc(F)cc2)c(F)c1. The average molecular weight is 289 g/mol. The lowest BCUT2D eigenvalue weighted by atomic mass is 10.1. The number of hydrogen-bond donors (Lipinski definition) is 1. The summed E-state index contributed by atoms with van der Waals surface area (Å²) in [5, 5.41) is 2.75. The van der Waals surface area contributed by atoms with Crippen LogP contribution in [-0.4, -0.2) is 11.9 Å². The van der Waals surface area contributed by atoms with E-state index < -0.39 is 11.7 Å². The number of aryl methyl sites for hydroxylation is 1. The van der Waals surface area contributed by atoms with Gasteiger partial charge in [-0.2, -0.15) is 0 Å². The van der Waals surface area contributed by atoms with Crippen LogP contribution >= 0.6 is 0 Å². The van der Waals surface area contributed by atoms with Crippen molar-refractivity contribution in [3.63, 3.8) is 0 Å². The van der Waals surface area contributed by atoms with Crippen LogP contribution in [0.3, 0.4) is 0 Å². The number of amides is 1. The van der Waals surface area contributed by atoms with Gasteiger partial charge in [-0.05, 0) is 55.7 Å². The summed E-state index contributed by atoms with van der Waals surface area (Å²) in [6, 6.07) is 10.4. The Kier molecular flexibility index (Phi) is 4.68. The lowest BCUT2D eigenvalue weighted by molar-refractivity contribution is 0.0936. The molecule has 0 bridgehead atoms. The van der Waals surface area contributed by atoms with Gasteiger partial charge >= 0.3 is 0 Å². The third kappa shape index (κ3) is 4.12. The Balaban J connectivity index is 2.00. The van der Waals surface area contributed by atoms with Gasteiger partial charge in [0.15, 0.2) is 0 Å². The molecule has 4 heteroatoms. The molecule has 0 saturated carbocycles. The molecule has 0 heterocycles. The van der Waals surface area contributed by atoms with E-state index >= 15 is 0 Å². The fraction of sp³-hybridized carbons (Fsp3) is 0.235. The molecule has 0 spiro atoms. The molecule has 0 saturated heterocycles. The second-order valence-corrected chi connectivity index (χ2v) is 5.19. The molecule has 0 radical (unpaired) electrons. The van der Waals surface area contributed by atoms with Crippen LogP contribution in [0.25, 0.3) is 0 Å². The summed E-state index contributed by atoms with van der Waals surface area (Å²) in [7, 11) is 0. The Morgan fingerprint density at radius 2 is 1.81 bits per heavy atom. The molecule has 110 valence electrons. The van der Waals surface area contributed by atoms with Gasteiger partial charge in [-0.25, -0.2) is 8.78 Å². The molecular weight excluding hydrogens is 272 g/mol. The summed E-state index contributed by atoms with van der Waals surface area (Å²) >= 11 is 0. The topological polar surface area (TPSA) is 29.1 Å². The predicted octanol–water partition coefficient (Wildman–Crippen LogP) is 3.63. The van der Waals surface area contributed by atoms with Crippen LogP contribution in [0.5, 0.6) is 0 Å². The van der Waals surface area contributed by atoms with Crippen LogP contribution in [0.2, 0.25) is 0 Å². The molecule has 2 rings (SSSR count). The van der Waals surface area contributed by atoms with Crippen molar-refractivity contribution >= 4 is 5.91 Å². The predicted molar refractivity (Wildman–Crippen MR) is 78.2 cm³/mol. The third-order valence-corrected chi connectivity index (χ3v) is 3.20. The normalized spacial score (nSPS) is 12.0. The molecule has 2 aromatic carbocycles. The van der Waals surface area contributed by atoms with Gasteiger partial charge in [-0.15, -0.1) is 0 Å². The molecule has 1 N–H and O–H groups in total. The minimum atomic E-state index is -0.526. The average Bonchev–Trinajstić information content (AvgIpc) is 2.41. The minimum absolute atomic E-state index is 0.0338. The first kappa shape index (κ1) is 15.2. The lowest BCUT2D eigenvalue weighted by Crippen LogP contribution is -2.34. The van der Waals surface area contributed by atoms with Gasteiger partial charge in [0.1, 0.15) is 11.6 Å². The Hall–Kier alpha value is -2.23. The van der Waals surface area contributed by atoms with E-state index in [0.717, 1.165) is 11.1 Å². The van der Waals surface area contributed by atoms with Crippen molar-refractivity contribution in [3.8, 4) is 0 Å². The fourth-order valence-corrected chi connectivity index (χ4v) is 2.13. The number of carbonyl (C=O) groups is 1. The highest BCUT2D eigenvalue weighted by Gasteiger charge is 2.14. The van der Waals surface area contributed by atoms with E-state index in [9.17, 15) is 13.6 Å². The van der Waals surface area contributed by atoms with Crippen molar-refractivity contribution in [2.45, 2.75) is 26.3 Å². The highest BCUT2D eigenvalue weighted by molar-refractivity contribution is 5.94. The minimum Gasteiger partial charge on any atom is -0.349 e. The van der Waals surface area contributed by atoms with Crippen molar-refractivity contribution < 1.29 is 13.6 Å². The molecule has 0 aromatic heterocycles. The van der Waals surface area contributed by atoms with Gasteiger partial charge in [0.2, 0.25) is 0 Å². The smallest absolute Gasteiger partial charge is 0.254 e. The van der Waals surface area contributed by atoms with Gasteiger partial charge in [-0.3, -0.25) is 4.79 Å². The number of halogens is 2. The Morgan fingerprint density at radius 1 is 1.14 bits per heavy atom. The van der Waals surface area contributed by atoms with Crippen LogP contribution in [0.1, 0.15) is 28.4 Å². The van der Waals surface area contributed by atoms with Crippen LogP contribution in [-0.2, 0) is 6.42 Å². The summed E-state index contributed by atoms with van der Waals surface area (Å²) in [4.78, 5) is 12.0. The van der Waals surface area contributed by atoms with E-state index in [-0.39, 0.29) is 17.4 Å². The Bertz CT molecular complexity index is 638. The van der Waals surface area contributed by atoms with Crippen LogP contribution < -0.4 is 5.32 Å². The zero-order valence-corrected chi connectivity index (χ0v) is 12.0. The highest BCUT2D eigenvalue weighted by atomic mass is 19.1. The molecule has 2 nitrogen and oxygen atoms in total. The number of carbonyl (C=O) groups excluding carboxylic acids is 1. The monoisotopic (exact) mass is 289 g/mol. The van der Waals surface area contributed by atoms with E-state index in [0.29, 0.717) is 6.42 Å². The van der Waals surface area contributed by atoms with E-state index in [1.165, 1.54) is 24.3 Å². The highest BCUT2D eigenvalue weighted by Crippen LogP contribution is 2.11. The van der Waals surface area contributed by atoms with Crippen molar-refractivity contribution in [1.82, 2.24) is 5.32 Å². The number of hydrogen-bond acceptors (Lipinski definition) is 1. The third-order valence-electron chi connectivity index (χ3n) is 3.20. The van der Waals surface area contributed by atoms with Crippen molar-refractivity contribution in [2.75, 3.05) is 0 Å². The molecule has 21 heavy (non-hydrogen) atoms. The van der Waals surface area contributed by atoms with Crippen molar-refractivity contribution in [1.29, 1.82) is 0 Å². The van der Waals surface area contributed by atoms with E-state index in [1.54, 1.807) is 25.1 Å². The van der Waals surface area contributed by atoms with Crippen LogP contribution in [0.15, 0.2) is 42.5 Å². The number of nitrogens with one attached hydrogen (secondary N) is 1. The molecule has 1 unspecified atom stereocenters. The van der Waals surface area contributed by atoms with Crippen LogP contribution in [0.4, 0.5) is 8.78 Å². The molecule has 2 aromatic rings. The van der Waals surface area contributed by atoms with E-state index in [4.69, 9.17) is 0 Å². The zero-order valence-electron chi connectivity index (χ0n) is 12.0. The molecule has 1 amide bonds. The van der Waals surface area contributed by atoms with Crippen molar-refractivity contribution in [3.05, 3.63) is 70.8 Å². The summed E-state index contributed by atoms with van der Waals surface area (Å²) in [5.74, 6) is -1.26. The maximum atomic E-state index is 13.7. The summed E-state index contributed by atoms with van der Waals surface area (Å²) in [6.07, 6.45) is 0.555. The van der Waals surface area contributed by atoms with Gasteiger partial charge in [0, 0.05) is 6.04 Å². The van der Waals surface area contributed by atoms with E-state index in [2.05, 4.69) is 5.32 Å². The van der Waals surface area contributed by atoms with Gasteiger partial charge in [0.25, 0.3) is 5.91 Å². The molecular formula is C17H17F2NO. The summed E-state index contributed by atoms with van der Waals surface area (Å²) in [5.41, 5.74) is 1.71. The molecule has 1 atom stereocenters. The maximum absolute atomic E-state index is 13.7. The zero-order chi connectivity index (χ0) is 15.4. The molecule has 0 aliphatic carbocycles. The maximum Gasteiger partial charge on any atom is 0.254 e. The summed E-state index contributed by atoms with van der Waals surface area (Å²) in [6.45, 7) is 3.59. The van der Waals surface area contributed by atoms with Crippen LogP contribution in [0, 0.1) is 18.6 Å². The molecule has 0 aliphatic rings. The van der Waals surface area contributed by atoms with Gasteiger partial charge in [-0.1, -0.05) is 18.2 Å². The Labute approximate surface area is 122 Å². The quantitative estimate of drug-likeness (QED) is 0.915. The standard InChI is InChI=1S/C17H17F2NO/c1-11-3-8-15(16(19)9-11)17(21)20-12(2)10-13-4-6-14(18)7-5-13/h3-9,12H,10H2,1-2H3,(H,20,21). The Morgan fingerprint density at radius 3 is 2.43 bits per heavy atom. The fourth-order valence-electron chi connectivity index (χ4n) is 2.13. The van der Waals surface area contributed by atoms with E-state index in [1.807, 2.05) is 6.92 Å². The number of benzene rings is 2. The van der Waals surface area contributed by atoms with Gasteiger partial charge in [0.05, 0.1) is 5.56 Å². The second-order valence-electron chi connectivity index (χ2n) is 5.19. The lowest BCUT2D eigenvalue weighted by Gasteiger charge is -2.14. The second kappa shape index (κ2) is 6.48. The molecule has 0 fully saturated rings. The van der Waals surface area contributed by atoms with Crippen molar-refractivity contribution in [2.24, 2.45) is 0 Å². The largest absolute Gasteiger partial charge is 0.349 e.